The topological polar surface area (TPSA) is 98.0 Å². The van der Waals surface area contributed by atoms with Crippen molar-refractivity contribution in [3.63, 3.8) is 0 Å². The number of carbonyl (C=O) groups excluding carboxylic acids is 1. The fraction of sp³-hybridized carbons (Fsp3) is 0.185. The van der Waals surface area contributed by atoms with E-state index in [1.165, 1.54) is 22.6 Å². The number of fused-ring (bicyclic) bond motifs is 2. The van der Waals surface area contributed by atoms with E-state index in [2.05, 4.69) is 15.1 Å². The number of piperidine rings is 1. The van der Waals surface area contributed by atoms with Gasteiger partial charge in [0, 0.05) is 25.5 Å². The molecule has 1 aliphatic carbocycles. The maximum absolute atomic E-state index is 14.1. The highest BCUT2D eigenvalue weighted by Crippen LogP contribution is 2.47. The second-order valence-electron chi connectivity index (χ2n) is 9.34. The monoisotopic (exact) mass is 533 g/mol. The van der Waals surface area contributed by atoms with Crippen molar-refractivity contribution in [2.75, 3.05) is 13.1 Å². The zero-order valence-electron chi connectivity index (χ0n) is 20.0. The zero-order chi connectivity index (χ0) is 26.5. The summed E-state index contributed by atoms with van der Waals surface area (Å²) in [6, 6.07) is 11.9. The van der Waals surface area contributed by atoms with Crippen LogP contribution in [-0.2, 0) is 16.4 Å². The van der Waals surface area contributed by atoms with E-state index >= 15 is 0 Å². The molecule has 0 spiro atoms. The van der Waals surface area contributed by atoms with Crippen LogP contribution in [0.2, 0.25) is 0 Å². The van der Waals surface area contributed by atoms with Gasteiger partial charge in [-0.2, -0.15) is 9.40 Å². The largest absolute Gasteiger partial charge is 0.291 e. The molecule has 6 rings (SSSR count). The summed E-state index contributed by atoms with van der Waals surface area (Å²) in [6.07, 6.45) is 7.54. The third-order valence-electron chi connectivity index (χ3n) is 7.10. The molecule has 192 valence electrons. The van der Waals surface area contributed by atoms with E-state index in [0.29, 0.717) is 5.69 Å². The summed E-state index contributed by atoms with van der Waals surface area (Å²) in [5.41, 5.74) is 1.90. The summed E-state index contributed by atoms with van der Waals surface area (Å²) in [6.45, 7) is -0.0454. The molecular weight excluding hydrogens is 512 g/mol. The van der Waals surface area contributed by atoms with Crippen LogP contribution in [0.25, 0.3) is 11.8 Å². The first-order valence-corrected chi connectivity index (χ1v) is 13.3. The normalized spacial score (nSPS) is 19.4. The van der Waals surface area contributed by atoms with Gasteiger partial charge in [-0.05, 0) is 66.9 Å². The highest BCUT2D eigenvalue weighted by atomic mass is 32.2. The summed E-state index contributed by atoms with van der Waals surface area (Å²) in [5, 5.41) is 4.48. The van der Waals surface area contributed by atoms with Crippen molar-refractivity contribution in [3.8, 4) is 5.69 Å². The quantitative estimate of drug-likeness (QED) is 0.362. The van der Waals surface area contributed by atoms with Crippen LogP contribution in [0.3, 0.4) is 0 Å². The third-order valence-corrected chi connectivity index (χ3v) is 8.91. The van der Waals surface area contributed by atoms with E-state index in [1.807, 2.05) is 6.08 Å². The van der Waals surface area contributed by atoms with Gasteiger partial charge in [-0.1, -0.05) is 11.6 Å². The van der Waals surface area contributed by atoms with Crippen molar-refractivity contribution >= 4 is 21.9 Å². The second kappa shape index (κ2) is 9.03. The number of benzene rings is 1. The minimum absolute atomic E-state index is 0.0992. The van der Waals surface area contributed by atoms with Crippen molar-refractivity contribution in [3.05, 3.63) is 107 Å². The Morgan fingerprint density at radius 3 is 2.55 bits per heavy atom. The Labute approximate surface area is 217 Å². The number of aromatic nitrogens is 4. The molecule has 38 heavy (non-hydrogen) atoms. The van der Waals surface area contributed by atoms with Crippen LogP contribution in [0, 0.1) is 17.0 Å². The molecule has 1 saturated heterocycles. The molecule has 1 aliphatic heterocycles. The van der Waals surface area contributed by atoms with Crippen LogP contribution in [0.1, 0.15) is 28.2 Å². The zero-order valence-corrected chi connectivity index (χ0v) is 20.8. The van der Waals surface area contributed by atoms with Crippen LogP contribution < -0.4 is 0 Å². The number of halogens is 2. The van der Waals surface area contributed by atoms with Crippen molar-refractivity contribution in [1.82, 2.24) is 24.1 Å². The van der Waals surface area contributed by atoms with Gasteiger partial charge in [0.2, 0.25) is 10.0 Å². The van der Waals surface area contributed by atoms with Crippen molar-refractivity contribution < 1.29 is 22.0 Å². The van der Waals surface area contributed by atoms with E-state index in [9.17, 15) is 22.0 Å². The van der Waals surface area contributed by atoms with E-state index in [4.69, 9.17) is 0 Å². The molecule has 0 saturated carbocycles. The highest BCUT2D eigenvalue weighted by Gasteiger charge is 2.51. The molecule has 1 fully saturated rings. The molecule has 0 unspecified atom stereocenters. The average molecular weight is 534 g/mol. The smallest absolute Gasteiger partial charge is 0.244 e. The lowest BCUT2D eigenvalue weighted by molar-refractivity contribution is 0.0770. The maximum atomic E-state index is 14.1. The standard InChI is InChI=1S/C27H21F2N5O3S/c28-20-4-6-22(7-5-20)34-25-11-19-8-10-33(38(36,37)23-12-21(29)15-30-16-23)17-27(19,13-18(25)14-32-34)26(35)24-3-1-2-9-31-24/h1-7,9,11-12,14-16H,8,10,13,17H2/t27-/m0/s1. The molecule has 3 aromatic heterocycles. The molecule has 2 aliphatic rings. The molecule has 11 heteroatoms. The van der Waals surface area contributed by atoms with Gasteiger partial charge in [-0.25, -0.2) is 21.9 Å². The fourth-order valence-corrected chi connectivity index (χ4v) is 6.71. The molecular formula is C27H21F2N5O3S. The molecule has 4 aromatic rings. The minimum atomic E-state index is -4.13. The van der Waals surface area contributed by atoms with E-state index in [0.717, 1.165) is 35.3 Å². The Hall–Kier alpha value is -4.09. The first kappa shape index (κ1) is 24.3. The lowest BCUT2D eigenvalue weighted by Crippen LogP contribution is -2.53. The molecule has 4 heterocycles. The Kier molecular flexibility index (Phi) is 5.77. The number of hydrogen-bond donors (Lipinski definition) is 0. The Morgan fingerprint density at radius 1 is 1.00 bits per heavy atom. The number of hydrogen-bond acceptors (Lipinski definition) is 6. The van der Waals surface area contributed by atoms with Gasteiger partial charge in [0.05, 0.1) is 29.2 Å². The van der Waals surface area contributed by atoms with Crippen LogP contribution >= 0.6 is 0 Å². The number of ketones is 1. The van der Waals surface area contributed by atoms with Crippen molar-refractivity contribution in [2.45, 2.75) is 17.7 Å². The number of pyridine rings is 2. The number of nitrogens with zero attached hydrogens (tertiary/aromatic N) is 5. The first-order valence-electron chi connectivity index (χ1n) is 11.9. The number of carbonyl (C=O) groups is 1. The second-order valence-corrected chi connectivity index (χ2v) is 11.3. The van der Waals surface area contributed by atoms with E-state index < -0.39 is 21.3 Å². The lowest BCUT2D eigenvalue weighted by atomic mass is 9.65. The van der Waals surface area contributed by atoms with Gasteiger partial charge in [0.25, 0.3) is 0 Å². The van der Waals surface area contributed by atoms with Gasteiger partial charge < -0.3 is 0 Å². The summed E-state index contributed by atoms with van der Waals surface area (Å²) in [5.74, 6) is -1.43. The number of sulfonamides is 1. The lowest BCUT2D eigenvalue weighted by Gasteiger charge is -2.44. The number of rotatable bonds is 5. The van der Waals surface area contributed by atoms with Crippen LogP contribution in [-0.4, -0.2) is 51.3 Å². The van der Waals surface area contributed by atoms with Gasteiger partial charge in [0.15, 0.2) is 5.78 Å². The maximum Gasteiger partial charge on any atom is 0.244 e. The molecule has 1 aromatic carbocycles. The van der Waals surface area contributed by atoms with Gasteiger partial charge in [-0.15, -0.1) is 0 Å². The van der Waals surface area contributed by atoms with Gasteiger partial charge >= 0.3 is 0 Å². The van der Waals surface area contributed by atoms with Gasteiger partial charge in [-0.3, -0.25) is 14.8 Å². The minimum Gasteiger partial charge on any atom is -0.291 e. The van der Waals surface area contributed by atoms with E-state index in [1.54, 1.807) is 41.2 Å². The van der Waals surface area contributed by atoms with Gasteiger partial charge in [0.1, 0.15) is 22.2 Å². The van der Waals surface area contributed by atoms with Crippen molar-refractivity contribution in [1.29, 1.82) is 0 Å². The molecule has 1 atom stereocenters. The van der Waals surface area contributed by atoms with Crippen LogP contribution in [0.15, 0.2) is 83.8 Å². The third kappa shape index (κ3) is 3.95. The SMILES string of the molecule is O=C(c1ccccn1)[C@]12Cc3cnn(-c4ccc(F)cc4)c3C=C1CCN(S(=O)(=O)c1cncc(F)c1)C2. The average Bonchev–Trinajstić information content (AvgIpc) is 3.34. The Balaban J connectivity index is 1.45. The molecule has 0 bridgehead atoms. The Bertz CT molecular complexity index is 1690. The fourth-order valence-electron chi connectivity index (χ4n) is 5.23. The molecule has 0 radical (unpaired) electrons. The predicted molar refractivity (Wildman–Crippen MR) is 134 cm³/mol. The molecule has 0 N–H and O–H groups in total. The number of Topliss-reactive ketones (excluding diaryl/α,β-unsaturated/α-hetero) is 1. The summed E-state index contributed by atoms with van der Waals surface area (Å²) < 4.78 is 57.2. The molecule has 8 nitrogen and oxygen atoms in total. The first-order chi connectivity index (χ1) is 18.3. The molecule has 0 amide bonds. The summed E-state index contributed by atoms with van der Waals surface area (Å²) in [7, 11) is -4.13. The summed E-state index contributed by atoms with van der Waals surface area (Å²) >= 11 is 0. The van der Waals surface area contributed by atoms with Crippen LogP contribution in [0.4, 0.5) is 8.78 Å². The van der Waals surface area contributed by atoms with Crippen molar-refractivity contribution in [2.24, 2.45) is 5.41 Å². The highest BCUT2D eigenvalue weighted by molar-refractivity contribution is 7.89. The summed E-state index contributed by atoms with van der Waals surface area (Å²) in [4.78, 5) is 21.7. The van der Waals surface area contributed by atoms with E-state index in [-0.39, 0.29) is 48.1 Å². The Morgan fingerprint density at radius 2 is 1.82 bits per heavy atom. The van der Waals surface area contributed by atoms with Crippen LogP contribution in [0.5, 0.6) is 0 Å². The predicted octanol–water partition coefficient (Wildman–Crippen LogP) is 3.84.